The van der Waals surface area contributed by atoms with Crippen molar-refractivity contribution in [2.24, 2.45) is 0 Å². The van der Waals surface area contributed by atoms with Crippen molar-refractivity contribution in [3.05, 3.63) is 51.9 Å². The lowest BCUT2D eigenvalue weighted by Gasteiger charge is -2.24. The Bertz CT molecular complexity index is 1170. The van der Waals surface area contributed by atoms with Crippen molar-refractivity contribution in [2.75, 3.05) is 13.1 Å². The molecule has 31 heavy (non-hydrogen) atoms. The second-order valence-electron chi connectivity index (χ2n) is 8.32. The van der Waals surface area contributed by atoms with Crippen LogP contribution in [0, 0.1) is 0 Å². The van der Waals surface area contributed by atoms with Crippen molar-refractivity contribution in [3.63, 3.8) is 0 Å². The lowest BCUT2D eigenvalue weighted by atomic mass is 10.1. The van der Waals surface area contributed by atoms with Gasteiger partial charge < -0.3 is 14.1 Å². The summed E-state index contributed by atoms with van der Waals surface area (Å²) >= 11 is 0. The molecule has 5 rings (SSSR count). The number of fused-ring (bicyclic) bond motifs is 2. The number of ether oxygens (including phenoxy) is 1. The first-order chi connectivity index (χ1) is 15.0. The monoisotopic (exact) mass is 422 g/mol. The van der Waals surface area contributed by atoms with Gasteiger partial charge >= 0.3 is 5.63 Å². The second-order valence-corrected chi connectivity index (χ2v) is 8.32. The van der Waals surface area contributed by atoms with Crippen molar-refractivity contribution in [3.8, 4) is 5.75 Å². The van der Waals surface area contributed by atoms with E-state index < -0.39 is 6.10 Å². The lowest BCUT2D eigenvalue weighted by Crippen LogP contribution is -2.42. The maximum absolute atomic E-state index is 13.0. The highest BCUT2D eigenvalue weighted by atomic mass is 16.5. The molecule has 8 heteroatoms. The fourth-order valence-electron chi connectivity index (χ4n) is 4.14. The predicted octanol–water partition coefficient (Wildman–Crippen LogP) is 2.68. The summed E-state index contributed by atoms with van der Waals surface area (Å²) in [5.41, 5.74) is 1.02. The third-order valence-corrected chi connectivity index (χ3v) is 6.05. The van der Waals surface area contributed by atoms with E-state index in [0.717, 1.165) is 29.0 Å². The number of carbonyl (C=O) groups excluding carboxylic acids is 1. The summed E-state index contributed by atoms with van der Waals surface area (Å²) in [5, 5.41) is 5.51. The summed E-state index contributed by atoms with van der Waals surface area (Å²) in [7, 11) is 0. The van der Waals surface area contributed by atoms with Crippen LogP contribution in [0.4, 0.5) is 0 Å². The van der Waals surface area contributed by atoms with E-state index in [-0.39, 0.29) is 11.5 Å². The van der Waals surface area contributed by atoms with Crippen molar-refractivity contribution >= 4 is 16.9 Å². The van der Waals surface area contributed by atoms with Crippen molar-refractivity contribution in [1.29, 1.82) is 0 Å². The van der Waals surface area contributed by atoms with Gasteiger partial charge in [-0.05, 0) is 43.9 Å². The van der Waals surface area contributed by atoms with E-state index in [1.54, 1.807) is 13.0 Å². The minimum absolute atomic E-state index is 0.0722. The number of aromatic nitrogens is 3. The maximum Gasteiger partial charge on any atom is 0.336 e. The maximum atomic E-state index is 13.0. The van der Waals surface area contributed by atoms with Crippen LogP contribution in [-0.2, 0) is 24.2 Å². The zero-order chi connectivity index (χ0) is 21.5. The molecule has 0 bridgehead atoms. The van der Waals surface area contributed by atoms with E-state index in [1.165, 1.54) is 18.9 Å². The number of nitrogens with zero attached hydrogens (tertiary/aromatic N) is 4. The predicted molar refractivity (Wildman–Crippen MR) is 114 cm³/mol. The standard InChI is InChI=1S/C23H26N4O4/c1-3-15-12-21(28)31-19-13-17(6-7-18(15)19)30-14(2)23(29)26-9-8-20-24-22(16-4-5-16)25-27(20)11-10-26/h6-7,12-14,16H,3-5,8-11H2,1-2H3. The Morgan fingerprint density at radius 3 is 2.87 bits per heavy atom. The average molecular weight is 422 g/mol. The van der Waals surface area contributed by atoms with Gasteiger partial charge in [0, 0.05) is 42.9 Å². The molecule has 1 aromatic carbocycles. The van der Waals surface area contributed by atoms with Gasteiger partial charge in [0.2, 0.25) is 0 Å². The largest absolute Gasteiger partial charge is 0.481 e. The summed E-state index contributed by atoms with van der Waals surface area (Å²) in [5.74, 6) is 2.88. The molecule has 1 fully saturated rings. The Hall–Kier alpha value is -3.16. The third-order valence-electron chi connectivity index (χ3n) is 6.05. The summed E-state index contributed by atoms with van der Waals surface area (Å²) in [6.07, 6.45) is 3.14. The van der Waals surface area contributed by atoms with Crippen LogP contribution in [0.5, 0.6) is 5.75 Å². The molecular weight excluding hydrogens is 396 g/mol. The van der Waals surface area contributed by atoms with Gasteiger partial charge in [0.15, 0.2) is 11.9 Å². The van der Waals surface area contributed by atoms with Crippen LogP contribution in [0.2, 0.25) is 0 Å². The minimum atomic E-state index is -0.654. The highest BCUT2D eigenvalue weighted by Gasteiger charge is 2.31. The van der Waals surface area contributed by atoms with Gasteiger partial charge in [-0.15, -0.1) is 0 Å². The van der Waals surface area contributed by atoms with Crippen molar-refractivity contribution in [1.82, 2.24) is 19.7 Å². The Kier molecular flexibility index (Phi) is 5.00. The average Bonchev–Trinajstić information content (AvgIpc) is 3.56. The molecule has 2 aliphatic rings. The fraction of sp³-hybridized carbons (Fsp3) is 0.478. The van der Waals surface area contributed by atoms with E-state index in [1.807, 2.05) is 28.6 Å². The Morgan fingerprint density at radius 1 is 1.26 bits per heavy atom. The molecule has 1 aliphatic heterocycles. The normalized spacial score (nSPS) is 17.3. The zero-order valence-corrected chi connectivity index (χ0v) is 17.8. The van der Waals surface area contributed by atoms with Crippen molar-refractivity contribution in [2.45, 2.75) is 58.1 Å². The van der Waals surface area contributed by atoms with Gasteiger partial charge in [-0.3, -0.25) is 4.79 Å². The second kappa shape index (κ2) is 7.83. The molecule has 0 saturated heterocycles. The smallest absolute Gasteiger partial charge is 0.336 e. The molecule has 3 heterocycles. The third kappa shape index (κ3) is 3.94. The molecule has 0 spiro atoms. The molecule has 1 aliphatic carbocycles. The summed E-state index contributed by atoms with van der Waals surface area (Å²) in [6.45, 7) is 5.57. The molecule has 1 unspecified atom stereocenters. The number of hydrogen-bond donors (Lipinski definition) is 0. The molecule has 1 amide bonds. The van der Waals surface area contributed by atoms with Crippen LogP contribution in [0.25, 0.3) is 11.0 Å². The van der Waals surface area contributed by atoms with E-state index in [2.05, 4.69) is 10.1 Å². The Labute approximate surface area is 179 Å². The molecule has 0 radical (unpaired) electrons. The molecule has 0 N–H and O–H groups in total. The van der Waals surface area contributed by atoms with Crippen LogP contribution in [0.15, 0.2) is 33.5 Å². The van der Waals surface area contributed by atoms with Gasteiger partial charge in [0.1, 0.15) is 17.2 Å². The summed E-state index contributed by atoms with van der Waals surface area (Å²) in [4.78, 5) is 31.3. The van der Waals surface area contributed by atoms with Crippen LogP contribution in [0.1, 0.15) is 49.8 Å². The summed E-state index contributed by atoms with van der Waals surface area (Å²) < 4.78 is 13.2. The number of hydrogen-bond acceptors (Lipinski definition) is 6. The van der Waals surface area contributed by atoms with Gasteiger partial charge in [0.25, 0.3) is 5.91 Å². The fourth-order valence-corrected chi connectivity index (χ4v) is 4.14. The number of aryl methyl sites for hydroxylation is 1. The lowest BCUT2D eigenvalue weighted by molar-refractivity contribution is -0.137. The number of amides is 1. The topological polar surface area (TPSA) is 90.5 Å². The first-order valence-corrected chi connectivity index (χ1v) is 11.0. The summed E-state index contributed by atoms with van der Waals surface area (Å²) in [6, 6.07) is 6.88. The van der Waals surface area contributed by atoms with Crippen LogP contribution < -0.4 is 10.4 Å². The Morgan fingerprint density at radius 2 is 2.10 bits per heavy atom. The SMILES string of the molecule is CCc1cc(=O)oc2cc(OC(C)C(=O)N3CCc4nc(C5CC5)nn4CC3)ccc12. The van der Waals surface area contributed by atoms with Gasteiger partial charge in [-0.25, -0.2) is 14.5 Å². The zero-order valence-electron chi connectivity index (χ0n) is 17.8. The molecule has 8 nitrogen and oxygen atoms in total. The van der Waals surface area contributed by atoms with Crippen LogP contribution in [-0.4, -0.2) is 44.8 Å². The molecule has 1 atom stereocenters. The van der Waals surface area contributed by atoms with Gasteiger partial charge in [0.05, 0.1) is 6.54 Å². The van der Waals surface area contributed by atoms with E-state index in [0.29, 0.717) is 43.3 Å². The van der Waals surface area contributed by atoms with Crippen LogP contribution >= 0.6 is 0 Å². The van der Waals surface area contributed by atoms with Crippen LogP contribution in [0.3, 0.4) is 0 Å². The van der Waals surface area contributed by atoms with E-state index >= 15 is 0 Å². The number of carbonyl (C=O) groups is 1. The van der Waals surface area contributed by atoms with E-state index in [9.17, 15) is 9.59 Å². The number of benzene rings is 1. The van der Waals surface area contributed by atoms with E-state index in [4.69, 9.17) is 9.15 Å². The first kappa shape index (κ1) is 19.8. The quantitative estimate of drug-likeness (QED) is 0.587. The molecule has 2 aromatic heterocycles. The molecule has 1 saturated carbocycles. The van der Waals surface area contributed by atoms with Crippen molar-refractivity contribution < 1.29 is 13.9 Å². The minimum Gasteiger partial charge on any atom is -0.481 e. The van der Waals surface area contributed by atoms with Gasteiger partial charge in [-0.2, -0.15) is 5.10 Å². The first-order valence-electron chi connectivity index (χ1n) is 11.0. The molecule has 162 valence electrons. The molecular formula is C23H26N4O4. The Balaban J connectivity index is 1.27. The molecule has 3 aromatic rings. The highest BCUT2D eigenvalue weighted by Crippen LogP contribution is 2.38. The highest BCUT2D eigenvalue weighted by molar-refractivity contribution is 5.83. The van der Waals surface area contributed by atoms with Gasteiger partial charge in [-0.1, -0.05) is 6.92 Å². The number of rotatable bonds is 5.